The number of carbonyl (C=O) groups is 1. The zero-order valence-corrected chi connectivity index (χ0v) is 17.3. The maximum absolute atomic E-state index is 13.0. The highest BCUT2D eigenvalue weighted by molar-refractivity contribution is 5.94. The monoisotopic (exact) mass is 398 g/mol. The number of nitrogens with zero attached hydrogens (tertiary/aromatic N) is 2. The Kier molecular flexibility index (Phi) is 7.90. The standard InChI is InChI=1S/C23H30N2O4/c1-27-15-16-29-22-6-3-5-20(17-22)23(26)25-12-4-11-24(13-14-25)18-19-7-9-21(28-2)10-8-19/h3,5-10,17H,4,11-16,18H2,1-2H3. The van der Waals surface area contributed by atoms with Gasteiger partial charge in [0.15, 0.2) is 0 Å². The third-order valence-electron chi connectivity index (χ3n) is 5.08. The number of rotatable bonds is 8. The van der Waals surface area contributed by atoms with Crippen molar-refractivity contribution in [3.05, 3.63) is 59.7 Å². The molecule has 1 amide bonds. The minimum Gasteiger partial charge on any atom is -0.497 e. The van der Waals surface area contributed by atoms with Crippen LogP contribution < -0.4 is 9.47 Å². The predicted octanol–water partition coefficient (Wildman–Crippen LogP) is 3.07. The Bertz CT molecular complexity index is 779. The molecule has 156 valence electrons. The van der Waals surface area contributed by atoms with Gasteiger partial charge in [-0.3, -0.25) is 9.69 Å². The zero-order chi connectivity index (χ0) is 20.5. The molecule has 0 unspecified atom stereocenters. The van der Waals surface area contributed by atoms with Crippen LogP contribution >= 0.6 is 0 Å². The van der Waals surface area contributed by atoms with E-state index in [1.807, 2.05) is 41.3 Å². The highest BCUT2D eigenvalue weighted by atomic mass is 16.5. The van der Waals surface area contributed by atoms with Gasteiger partial charge in [-0.25, -0.2) is 0 Å². The van der Waals surface area contributed by atoms with Crippen LogP contribution in [-0.2, 0) is 11.3 Å². The molecule has 1 aliphatic rings. The summed E-state index contributed by atoms with van der Waals surface area (Å²) in [6.07, 6.45) is 0.964. The maximum Gasteiger partial charge on any atom is 0.254 e. The van der Waals surface area contributed by atoms with Crippen LogP contribution in [0, 0.1) is 0 Å². The molecule has 0 saturated carbocycles. The van der Waals surface area contributed by atoms with Crippen molar-refractivity contribution in [2.24, 2.45) is 0 Å². The van der Waals surface area contributed by atoms with E-state index < -0.39 is 0 Å². The fourth-order valence-electron chi connectivity index (χ4n) is 3.47. The van der Waals surface area contributed by atoms with Gasteiger partial charge in [-0.15, -0.1) is 0 Å². The number of hydrogen-bond acceptors (Lipinski definition) is 5. The van der Waals surface area contributed by atoms with Gasteiger partial charge in [0.25, 0.3) is 5.91 Å². The van der Waals surface area contributed by atoms with E-state index in [-0.39, 0.29) is 5.91 Å². The van der Waals surface area contributed by atoms with Crippen LogP contribution in [0.4, 0.5) is 0 Å². The maximum atomic E-state index is 13.0. The lowest BCUT2D eigenvalue weighted by atomic mass is 10.2. The Morgan fingerprint density at radius 3 is 2.52 bits per heavy atom. The van der Waals surface area contributed by atoms with Crippen molar-refractivity contribution in [2.75, 3.05) is 53.6 Å². The summed E-state index contributed by atoms with van der Waals surface area (Å²) in [4.78, 5) is 17.3. The molecule has 0 radical (unpaired) electrons. The summed E-state index contributed by atoms with van der Waals surface area (Å²) in [6.45, 7) is 5.22. The Hall–Kier alpha value is -2.57. The molecule has 1 heterocycles. The first-order valence-electron chi connectivity index (χ1n) is 10.1. The highest BCUT2D eigenvalue weighted by Crippen LogP contribution is 2.18. The second-order valence-electron chi connectivity index (χ2n) is 7.14. The van der Waals surface area contributed by atoms with Gasteiger partial charge in [-0.05, 0) is 42.3 Å². The van der Waals surface area contributed by atoms with E-state index in [0.29, 0.717) is 24.5 Å². The van der Waals surface area contributed by atoms with E-state index in [9.17, 15) is 4.79 Å². The molecule has 0 N–H and O–H groups in total. The summed E-state index contributed by atoms with van der Waals surface area (Å²) < 4.78 is 15.9. The predicted molar refractivity (Wildman–Crippen MR) is 113 cm³/mol. The number of carbonyl (C=O) groups excluding carboxylic acids is 1. The van der Waals surface area contributed by atoms with Crippen LogP contribution in [0.1, 0.15) is 22.3 Å². The number of benzene rings is 2. The van der Waals surface area contributed by atoms with Crippen molar-refractivity contribution in [2.45, 2.75) is 13.0 Å². The zero-order valence-electron chi connectivity index (χ0n) is 17.3. The molecule has 2 aromatic rings. The first-order valence-corrected chi connectivity index (χ1v) is 10.1. The smallest absolute Gasteiger partial charge is 0.254 e. The fraction of sp³-hybridized carbons (Fsp3) is 0.435. The van der Waals surface area contributed by atoms with Crippen molar-refractivity contribution in [3.63, 3.8) is 0 Å². The van der Waals surface area contributed by atoms with Crippen LogP contribution in [0.2, 0.25) is 0 Å². The Labute approximate surface area is 173 Å². The van der Waals surface area contributed by atoms with E-state index in [1.54, 1.807) is 14.2 Å². The third kappa shape index (κ3) is 6.21. The molecule has 0 spiro atoms. The molecular weight excluding hydrogens is 368 g/mol. The molecule has 6 nitrogen and oxygen atoms in total. The number of amides is 1. The number of hydrogen-bond donors (Lipinski definition) is 0. The molecule has 29 heavy (non-hydrogen) atoms. The first kappa shape index (κ1) is 21.1. The molecular formula is C23H30N2O4. The highest BCUT2D eigenvalue weighted by Gasteiger charge is 2.20. The quantitative estimate of drug-likeness (QED) is 0.640. The minimum atomic E-state index is 0.0634. The molecule has 0 aliphatic carbocycles. The summed E-state index contributed by atoms with van der Waals surface area (Å²) in [5, 5.41) is 0. The largest absolute Gasteiger partial charge is 0.497 e. The Balaban J connectivity index is 1.55. The number of ether oxygens (including phenoxy) is 3. The van der Waals surface area contributed by atoms with Crippen LogP contribution in [0.5, 0.6) is 11.5 Å². The number of methoxy groups -OCH3 is 2. The van der Waals surface area contributed by atoms with Crippen LogP contribution in [0.25, 0.3) is 0 Å². The van der Waals surface area contributed by atoms with E-state index in [2.05, 4.69) is 17.0 Å². The lowest BCUT2D eigenvalue weighted by molar-refractivity contribution is 0.0760. The van der Waals surface area contributed by atoms with Gasteiger partial charge in [0.1, 0.15) is 18.1 Å². The van der Waals surface area contributed by atoms with Crippen molar-refractivity contribution >= 4 is 5.91 Å². The van der Waals surface area contributed by atoms with Crippen molar-refractivity contribution in [1.82, 2.24) is 9.80 Å². The van der Waals surface area contributed by atoms with Crippen LogP contribution in [-0.4, -0.2) is 69.3 Å². The summed E-state index contributed by atoms with van der Waals surface area (Å²) in [5.41, 5.74) is 1.93. The van der Waals surface area contributed by atoms with Crippen molar-refractivity contribution < 1.29 is 19.0 Å². The summed E-state index contributed by atoms with van der Waals surface area (Å²) in [7, 11) is 3.32. The van der Waals surface area contributed by atoms with Gasteiger partial charge < -0.3 is 19.1 Å². The molecule has 0 atom stereocenters. The molecule has 1 fully saturated rings. The lowest BCUT2D eigenvalue weighted by Gasteiger charge is -2.22. The fourth-order valence-corrected chi connectivity index (χ4v) is 3.47. The van der Waals surface area contributed by atoms with Crippen LogP contribution in [0.3, 0.4) is 0 Å². The molecule has 0 bridgehead atoms. The lowest BCUT2D eigenvalue weighted by Crippen LogP contribution is -2.35. The van der Waals surface area contributed by atoms with Crippen molar-refractivity contribution in [1.29, 1.82) is 0 Å². The normalized spacial score (nSPS) is 15.0. The second kappa shape index (κ2) is 10.8. The first-order chi connectivity index (χ1) is 14.2. The van der Waals surface area contributed by atoms with Gasteiger partial charge in [0.05, 0.1) is 13.7 Å². The average Bonchev–Trinajstić information content (AvgIpc) is 3.00. The molecule has 1 aliphatic heterocycles. The van der Waals surface area contributed by atoms with Crippen LogP contribution in [0.15, 0.2) is 48.5 Å². The van der Waals surface area contributed by atoms with Gasteiger partial charge in [0.2, 0.25) is 0 Å². The Morgan fingerprint density at radius 1 is 0.931 bits per heavy atom. The van der Waals surface area contributed by atoms with Crippen molar-refractivity contribution in [3.8, 4) is 11.5 Å². The molecule has 1 saturated heterocycles. The molecule has 0 aromatic heterocycles. The topological polar surface area (TPSA) is 51.2 Å². The Morgan fingerprint density at radius 2 is 1.76 bits per heavy atom. The summed E-state index contributed by atoms with van der Waals surface area (Å²) >= 11 is 0. The minimum absolute atomic E-state index is 0.0634. The van der Waals surface area contributed by atoms with Gasteiger partial charge in [-0.1, -0.05) is 18.2 Å². The second-order valence-corrected chi connectivity index (χ2v) is 7.14. The summed E-state index contributed by atoms with van der Waals surface area (Å²) in [6, 6.07) is 15.6. The molecule has 3 rings (SSSR count). The van der Waals surface area contributed by atoms with E-state index in [1.165, 1.54) is 5.56 Å². The summed E-state index contributed by atoms with van der Waals surface area (Å²) in [5.74, 6) is 1.63. The third-order valence-corrected chi connectivity index (χ3v) is 5.08. The van der Waals surface area contributed by atoms with E-state index in [0.717, 1.165) is 44.9 Å². The molecule has 6 heteroatoms. The van der Waals surface area contributed by atoms with Gasteiger partial charge in [0, 0.05) is 45.4 Å². The van der Waals surface area contributed by atoms with Gasteiger partial charge in [-0.2, -0.15) is 0 Å². The SMILES string of the molecule is COCCOc1cccc(C(=O)N2CCCN(Cc3ccc(OC)cc3)CC2)c1. The molecule has 2 aromatic carbocycles. The van der Waals surface area contributed by atoms with E-state index >= 15 is 0 Å². The van der Waals surface area contributed by atoms with Gasteiger partial charge >= 0.3 is 0 Å². The average molecular weight is 399 g/mol. The van der Waals surface area contributed by atoms with E-state index in [4.69, 9.17) is 14.2 Å².